The molecule has 2 atom stereocenters. The Morgan fingerprint density at radius 3 is 2.38 bits per heavy atom. The summed E-state index contributed by atoms with van der Waals surface area (Å²) in [6, 6.07) is 19.7. The predicted octanol–water partition coefficient (Wildman–Crippen LogP) is 1.97. The highest BCUT2D eigenvalue weighted by Gasteiger charge is 2.50. The number of hydrogen-bond donors (Lipinski definition) is 1. The molecular formula is C34H41N7O4. The average molecular weight is 612 g/mol. The van der Waals surface area contributed by atoms with Crippen LogP contribution in [0.5, 0.6) is 5.75 Å². The minimum atomic E-state index is -0.803. The fraction of sp³-hybridized carbons (Fsp3) is 0.412. The molecule has 45 heavy (non-hydrogen) atoms. The number of rotatable bonds is 8. The molecule has 4 heterocycles. The van der Waals surface area contributed by atoms with Gasteiger partial charge in [-0.05, 0) is 42.8 Å². The molecule has 3 aromatic rings. The number of nitrogens with zero attached hydrogens (tertiary/aromatic N) is 7. The number of hydrogen-bond acceptors (Lipinski definition) is 8. The van der Waals surface area contributed by atoms with Gasteiger partial charge in [0, 0.05) is 64.4 Å². The number of aryl methyl sites for hydroxylation is 1. The number of hydrazine groups is 1. The van der Waals surface area contributed by atoms with Crippen molar-refractivity contribution in [2.75, 3.05) is 58.3 Å². The number of likely N-dealkylation sites (N-methyl/N-ethyl adjacent to an activating group) is 2. The minimum Gasteiger partial charge on any atom is -0.508 e. The smallest absolute Gasteiger partial charge is 0.246 e. The molecule has 0 saturated carbocycles. The third kappa shape index (κ3) is 6.64. The molecule has 0 radical (unpaired) electrons. The van der Waals surface area contributed by atoms with Gasteiger partial charge in [0.05, 0.1) is 13.1 Å². The van der Waals surface area contributed by atoms with Crippen molar-refractivity contribution in [2.24, 2.45) is 0 Å². The van der Waals surface area contributed by atoms with Crippen molar-refractivity contribution in [1.82, 2.24) is 29.7 Å². The summed E-state index contributed by atoms with van der Waals surface area (Å²) in [5.74, 6) is 0.546. The first-order chi connectivity index (χ1) is 21.8. The lowest BCUT2D eigenvalue weighted by Crippen LogP contribution is -2.75. The number of fused-ring (bicyclic) bond motifs is 1. The second-order valence-electron chi connectivity index (χ2n) is 12.2. The molecule has 3 aliphatic rings. The minimum absolute atomic E-state index is 0.00307. The Labute approximate surface area is 264 Å². The molecule has 0 bridgehead atoms. The molecule has 1 aromatic heterocycles. The molecule has 0 aliphatic carbocycles. The second-order valence-corrected chi connectivity index (χ2v) is 12.2. The van der Waals surface area contributed by atoms with Crippen LogP contribution in [0, 0.1) is 0 Å². The van der Waals surface area contributed by atoms with Gasteiger partial charge in [0.25, 0.3) is 0 Å². The van der Waals surface area contributed by atoms with Crippen LogP contribution in [-0.4, -0.2) is 118 Å². The number of benzene rings is 2. The van der Waals surface area contributed by atoms with Crippen LogP contribution < -0.4 is 4.90 Å². The van der Waals surface area contributed by atoms with E-state index >= 15 is 0 Å². The van der Waals surface area contributed by atoms with Gasteiger partial charge in [-0.3, -0.25) is 19.4 Å². The van der Waals surface area contributed by atoms with Gasteiger partial charge >= 0.3 is 0 Å². The predicted molar refractivity (Wildman–Crippen MR) is 170 cm³/mol. The quantitative estimate of drug-likeness (QED) is 0.413. The lowest BCUT2D eigenvalue weighted by atomic mass is 9.98. The van der Waals surface area contributed by atoms with Crippen molar-refractivity contribution in [3.8, 4) is 5.75 Å². The summed E-state index contributed by atoms with van der Waals surface area (Å²) in [4.78, 5) is 54.5. The van der Waals surface area contributed by atoms with Gasteiger partial charge in [-0.25, -0.2) is 9.99 Å². The Bertz CT molecular complexity index is 1510. The van der Waals surface area contributed by atoms with E-state index < -0.39 is 12.2 Å². The number of piperazine rings is 2. The van der Waals surface area contributed by atoms with Crippen LogP contribution in [-0.2, 0) is 33.8 Å². The lowest BCUT2D eigenvalue weighted by molar-refractivity contribution is -0.202. The molecule has 3 amide bonds. The third-order valence-corrected chi connectivity index (χ3v) is 9.06. The summed E-state index contributed by atoms with van der Waals surface area (Å²) in [5.41, 5.74) is 2.82. The number of aromatic nitrogens is 1. The van der Waals surface area contributed by atoms with E-state index in [0.29, 0.717) is 13.0 Å². The number of anilines is 1. The van der Waals surface area contributed by atoms with Crippen LogP contribution in [0.25, 0.3) is 0 Å². The van der Waals surface area contributed by atoms with Crippen molar-refractivity contribution in [3.05, 3.63) is 89.6 Å². The van der Waals surface area contributed by atoms with Crippen molar-refractivity contribution in [2.45, 2.75) is 38.0 Å². The monoisotopic (exact) mass is 611 g/mol. The van der Waals surface area contributed by atoms with Crippen molar-refractivity contribution in [3.63, 3.8) is 0 Å². The standard InChI is InChI=1S/C34H41N7O4/c1-36-17-19-38(20-18-36)33-27(9-6-16-35-33)22-39-23-30-40(29(34(39)45)21-26-10-13-28(42)14-11-26)32(44)24-37(2)41(30)31(43)15-12-25-7-4-3-5-8-25/h3-11,13-14,16,29-30,42H,12,15,17-24H2,1-2H3/t29-,30?/m0/s1. The van der Waals surface area contributed by atoms with Crippen molar-refractivity contribution < 1.29 is 19.5 Å². The molecule has 1 N–H and O–H groups in total. The van der Waals surface area contributed by atoms with E-state index in [1.54, 1.807) is 57.3 Å². The Hall–Kier alpha value is -4.48. The highest BCUT2D eigenvalue weighted by atomic mass is 16.3. The molecule has 0 spiro atoms. The SMILES string of the molecule is CN1CCN(c2ncccc2CN2CC3N(C(=O)CN(C)N3C(=O)CCc3ccccc3)[C@@H](Cc3ccc(O)cc3)C2=O)CC1. The molecular weight excluding hydrogens is 570 g/mol. The first-order valence-electron chi connectivity index (χ1n) is 15.6. The summed E-state index contributed by atoms with van der Waals surface area (Å²) < 4.78 is 0. The molecule has 3 fully saturated rings. The number of carbonyl (C=O) groups excluding carboxylic acids is 3. The van der Waals surface area contributed by atoms with Crippen LogP contribution in [0.2, 0.25) is 0 Å². The summed E-state index contributed by atoms with van der Waals surface area (Å²) in [6.45, 7) is 4.05. The summed E-state index contributed by atoms with van der Waals surface area (Å²) in [7, 11) is 3.87. The molecule has 236 valence electrons. The lowest BCUT2D eigenvalue weighted by Gasteiger charge is -2.54. The van der Waals surface area contributed by atoms with E-state index in [-0.39, 0.29) is 49.4 Å². The zero-order valence-corrected chi connectivity index (χ0v) is 26.0. The number of phenols is 1. The molecule has 11 heteroatoms. The number of aromatic hydroxyl groups is 1. The fourth-order valence-electron chi connectivity index (χ4n) is 6.64. The van der Waals surface area contributed by atoms with E-state index in [9.17, 15) is 19.5 Å². The van der Waals surface area contributed by atoms with Gasteiger partial charge in [-0.2, -0.15) is 0 Å². The van der Waals surface area contributed by atoms with E-state index in [2.05, 4.69) is 16.8 Å². The van der Waals surface area contributed by atoms with Crippen molar-refractivity contribution in [1.29, 1.82) is 0 Å². The highest BCUT2D eigenvalue weighted by molar-refractivity contribution is 5.92. The Morgan fingerprint density at radius 2 is 1.64 bits per heavy atom. The zero-order valence-electron chi connectivity index (χ0n) is 26.0. The van der Waals surface area contributed by atoms with Gasteiger partial charge in [-0.1, -0.05) is 48.5 Å². The summed E-state index contributed by atoms with van der Waals surface area (Å²) >= 11 is 0. The molecule has 2 aromatic carbocycles. The zero-order chi connectivity index (χ0) is 31.5. The molecule has 3 aliphatic heterocycles. The normalized spacial score (nSPS) is 21.3. The van der Waals surface area contributed by atoms with Crippen LogP contribution in [0.3, 0.4) is 0 Å². The van der Waals surface area contributed by atoms with Crippen LogP contribution in [0.15, 0.2) is 72.9 Å². The number of pyridine rings is 1. The first-order valence-corrected chi connectivity index (χ1v) is 15.6. The van der Waals surface area contributed by atoms with Crippen molar-refractivity contribution >= 4 is 23.5 Å². The average Bonchev–Trinajstić information content (AvgIpc) is 3.04. The fourth-order valence-corrected chi connectivity index (χ4v) is 6.64. The molecule has 11 nitrogen and oxygen atoms in total. The molecule has 6 rings (SSSR count). The topological polar surface area (TPSA) is 104 Å². The van der Waals surface area contributed by atoms with Gasteiger partial charge in [0.15, 0.2) is 0 Å². The van der Waals surface area contributed by atoms with Gasteiger partial charge in [0.2, 0.25) is 17.7 Å². The second kappa shape index (κ2) is 13.3. The van der Waals surface area contributed by atoms with Gasteiger partial charge in [0.1, 0.15) is 23.8 Å². The third-order valence-electron chi connectivity index (χ3n) is 9.06. The Kier molecular flexibility index (Phi) is 8.99. The first kappa shape index (κ1) is 30.5. The number of phenolic OH excluding ortho intramolecular Hbond substituents is 1. The molecule has 1 unspecified atom stereocenters. The Morgan fingerprint density at radius 1 is 0.911 bits per heavy atom. The van der Waals surface area contributed by atoms with Crippen LogP contribution in [0.4, 0.5) is 5.82 Å². The van der Waals surface area contributed by atoms with E-state index in [1.165, 1.54) is 0 Å². The largest absolute Gasteiger partial charge is 0.508 e. The van der Waals surface area contributed by atoms with Crippen LogP contribution in [0.1, 0.15) is 23.1 Å². The van der Waals surface area contributed by atoms with Gasteiger partial charge in [-0.15, -0.1) is 0 Å². The number of amides is 3. The van der Waals surface area contributed by atoms with E-state index in [0.717, 1.165) is 48.7 Å². The summed E-state index contributed by atoms with van der Waals surface area (Å²) in [6.07, 6.45) is 2.26. The Balaban J connectivity index is 1.31. The summed E-state index contributed by atoms with van der Waals surface area (Å²) in [5, 5.41) is 13.2. The highest BCUT2D eigenvalue weighted by Crippen LogP contribution is 2.31. The van der Waals surface area contributed by atoms with Gasteiger partial charge < -0.3 is 24.7 Å². The van der Waals surface area contributed by atoms with Crippen LogP contribution >= 0.6 is 0 Å². The van der Waals surface area contributed by atoms with E-state index in [4.69, 9.17) is 4.98 Å². The molecule has 3 saturated heterocycles. The maximum atomic E-state index is 14.3. The van der Waals surface area contributed by atoms with E-state index in [1.807, 2.05) is 42.5 Å². The maximum Gasteiger partial charge on any atom is 0.246 e. The number of carbonyl (C=O) groups is 3. The maximum absolute atomic E-state index is 14.3.